The van der Waals surface area contributed by atoms with Crippen LogP contribution in [0.4, 0.5) is 5.82 Å². The third kappa shape index (κ3) is 2.88. The van der Waals surface area contributed by atoms with Crippen LogP contribution in [0, 0.1) is 10.1 Å². The monoisotopic (exact) mass is 323 g/mol. The van der Waals surface area contributed by atoms with E-state index in [0.717, 1.165) is 19.3 Å². The highest BCUT2D eigenvalue weighted by atomic mass is 16.7. The Kier molecular flexibility index (Phi) is 3.98. The molecule has 0 aromatic carbocycles. The highest BCUT2D eigenvalue weighted by Gasteiger charge is 2.54. The lowest BCUT2D eigenvalue weighted by molar-refractivity contribution is -0.389. The maximum absolute atomic E-state index is 11.4. The van der Waals surface area contributed by atoms with Gasteiger partial charge in [-0.25, -0.2) is 0 Å². The van der Waals surface area contributed by atoms with Gasteiger partial charge in [0.2, 0.25) is 0 Å². The van der Waals surface area contributed by atoms with Crippen LogP contribution in [0.2, 0.25) is 0 Å². The van der Waals surface area contributed by atoms with Crippen molar-refractivity contribution in [1.82, 2.24) is 9.78 Å². The third-order valence-electron chi connectivity index (χ3n) is 4.87. The Morgan fingerprint density at radius 1 is 1.30 bits per heavy atom. The maximum Gasteiger partial charge on any atom is 0.505 e. The number of nitro groups is 1. The summed E-state index contributed by atoms with van der Waals surface area (Å²) in [5.41, 5.74) is -0.785. The molecule has 9 heteroatoms. The Labute approximate surface area is 135 Å². The summed E-state index contributed by atoms with van der Waals surface area (Å²) >= 11 is 0. The van der Waals surface area contributed by atoms with Gasteiger partial charge in [0.25, 0.3) is 0 Å². The van der Waals surface area contributed by atoms with Crippen molar-refractivity contribution in [3.05, 3.63) is 16.3 Å². The molecule has 0 N–H and O–H groups in total. The summed E-state index contributed by atoms with van der Waals surface area (Å²) in [6.45, 7) is 8.28. The van der Waals surface area contributed by atoms with Crippen molar-refractivity contribution in [2.45, 2.75) is 64.4 Å². The third-order valence-corrected chi connectivity index (χ3v) is 4.87. The molecule has 2 aliphatic rings. The fraction of sp³-hybridized carbons (Fsp3) is 0.786. The van der Waals surface area contributed by atoms with Gasteiger partial charge in [0, 0.05) is 6.61 Å². The van der Waals surface area contributed by atoms with Gasteiger partial charge in [0.1, 0.15) is 5.46 Å². The van der Waals surface area contributed by atoms with Gasteiger partial charge in [-0.1, -0.05) is 0 Å². The van der Waals surface area contributed by atoms with E-state index in [-0.39, 0.29) is 12.0 Å². The molecule has 3 rings (SSSR count). The molecule has 0 spiro atoms. The van der Waals surface area contributed by atoms with Crippen LogP contribution in [0.1, 0.15) is 53.2 Å². The van der Waals surface area contributed by atoms with Gasteiger partial charge in [-0.15, -0.1) is 0 Å². The molecule has 8 nitrogen and oxygen atoms in total. The number of ether oxygens (including phenoxy) is 1. The van der Waals surface area contributed by atoms with E-state index in [1.807, 2.05) is 27.7 Å². The fourth-order valence-electron chi connectivity index (χ4n) is 2.75. The van der Waals surface area contributed by atoms with E-state index in [2.05, 4.69) is 5.10 Å². The van der Waals surface area contributed by atoms with Crippen LogP contribution in [0.5, 0.6) is 0 Å². The molecule has 0 radical (unpaired) electrons. The Morgan fingerprint density at radius 2 is 1.96 bits per heavy atom. The van der Waals surface area contributed by atoms with E-state index in [1.54, 1.807) is 6.20 Å². The highest BCUT2D eigenvalue weighted by Crippen LogP contribution is 2.37. The number of hydrogen-bond acceptors (Lipinski definition) is 6. The first-order valence-corrected chi connectivity index (χ1v) is 7.92. The molecular weight excluding hydrogens is 301 g/mol. The van der Waals surface area contributed by atoms with E-state index in [4.69, 9.17) is 14.0 Å². The van der Waals surface area contributed by atoms with Crippen molar-refractivity contribution in [1.29, 1.82) is 0 Å². The minimum absolute atomic E-state index is 0.238. The van der Waals surface area contributed by atoms with Gasteiger partial charge in [-0.05, 0) is 51.9 Å². The Hall–Kier alpha value is -1.45. The van der Waals surface area contributed by atoms with Crippen LogP contribution in [-0.2, 0) is 14.0 Å². The molecule has 0 amide bonds. The molecule has 0 bridgehead atoms. The molecule has 0 saturated carbocycles. The quantitative estimate of drug-likeness (QED) is 0.479. The Morgan fingerprint density at radius 3 is 2.48 bits per heavy atom. The van der Waals surface area contributed by atoms with Crippen LogP contribution in [0.3, 0.4) is 0 Å². The predicted molar refractivity (Wildman–Crippen MR) is 83.4 cm³/mol. The van der Waals surface area contributed by atoms with Crippen LogP contribution in [0.25, 0.3) is 0 Å². The number of hydrogen-bond donors (Lipinski definition) is 0. The summed E-state index contributed by atoms with van der Waals surface area (Å²) in [5.74, 6) is -0.238. The minimum Gasteiger partial charge on any atom is -0.399 e. The van der Waals surface area contributed by atoms with Crippen molar-refractivity contribution in [2.75, 3.05) is 6.61 Å². The number of nitrogens with zero attached hydrogens (tertiary/aromatic N) is 3. The first-order valence-electron chi connectivity index (χ1n) is 7.92. The van der Waals surface area contributed by atoms with Crippen molar-refractivity contribution in [3.8, 4) is 0 Å². The first kappa shape index (κ1) is 16.4. The largest absolute Gasteiger partial charge is 0.505 e. The van der Waals surface area contributed by atoms with E-state index in [0.29, 0.717) is 12.1 Å². The smallest absolute Gasteiger partial charge is 0.399 e. The maximum atomic E-state index is 11.4. The molecule has 0 aliphatic carbocycles. The van der Waals surface area contributed by atoms with Crippen molar-refractivity contribution >= 4 is 18.4 Å². The highest BCUT2D eigenvalue weighted by molar-refractivity contribution is 6.63. The lowest BCUT2D eigenvalue weighted by atomic mass is 9.81. The van der Waals surface area contributed by atoms with Gasteiger partial charge in [0.05, 0.1) is 22.5 Å². The molecule has 3 heterocycles. The van der Waals surface area contributed by atoms with Gasteiger partial charge in [-0.2, -0.15) is 4.68 Å². The second-order valence-electron chi connectivity index (χ2n) is 7.05. The molecule has 2 saturated heterocycles. The molecule has 1 aromatic heterocycles. The average Bonchev–Trinajstić information content (AvgIpc) is 3.00. The summed E-state index contributed by atoms with van der Waals surface area (Å²) < 4.78 is 19.0. The van der Waals surface area contributed by atoms with Crippen LogP contribution >= 0.6 is 0 Å². The fourth-order valence-corrected chi connectivity index (χ4v) is 2.75. The van der Waals surface area contributed by atoms with E-state index in [1.165, 1.54) is 4.68 Å². The van der Waals surface area contributed by atoms with E-state index < -0.39 is 23.2 Å². The van der Waals surface area contributed by atoms with E-state index >= 15 is 0 Å². The van der Waals surface area contributed by atoms with Crippen molar-refractivity contribution in [3.63, 3.8) is 0 Å². The normalized spacial score (nSPS) is 26.4. The number of aromatic nitrogens is 2. The Bertz CT molecular complexity index is 594. The van der Waals surface area contributed by atoms with E-state index in [9.17, 15) is 10.1 Å². The van der Waals surface area contributed by atoms with Gasteiger partial charge >= 0.3 is 12.9 Å². The summed E-state index contributed by atoms with van der Waals surface area (Å²) in [7, 11) is -0.808. The van der Waals surface area contributed by atoms with Crippen LogP contribution < -0.4 is 5.46 Å². The minimum atomic E-state index is -0.808. The van der Waals surface area contributed by atoms with Gasteiger partial charge in [0.15, 0.2) is 6.23 Å². The van der Waals surface area contributed by atoms with Gasteiger partial charge < -0.3 is 24.2 Å². The lowest BCUT2D eigenvalue weighted by Crippen LogP contribution is -2.41. The average molecular weight is 323 g/mol. The molecule has 0 unspecified atom stereocenters. The second-order valence-corrected chi connectivity index (χ2v) is 7.05. The summed E-state index contributed by atoms with van der Waals surface area (Å²) in [6, 6.07) is 0. The summed E-state index contributed by atoms with van der Waals surface area (Å²) in [6.07, 6.45) is 4.17. The second kappa shape index (κ2) is 5.57. The zero-order valence-electron chi connectivity index (χ0n) is 13.9. The molecule has 1 atom stereocenters. The topological polar surface area (TPSA) is 88.7 Å². The van der Waals surface area contributed by atoms with Gasteiger partial charge in [-0.3, -0.25) is 0 Å². The lowest BCUT2D eigenvalue weighted by Gasteiger charge is -2.32. The zero-order chi connectivity index (χ0) is 16.8. The van der Waals surface area contributed by atoms with Crippen LogP contribution in [-0.4, -0.2) is 39.6 Å². The van der Waals surface area contributed by atoms with Crippen molar-refractivity contribution in [2.24, 2.45) is 0 Å². The predicted octanol–water partition coefficient (Wildman–Crippen LogP) is 1.79. The zero-order valence-corrected chi connectivity index (χ0v) is 13.9. The van der Waals surface area contributed by atoms with Crippen LogP contribution in [0.15, 0.2) is 6.20 Å². The molecule has 126 valence electrons. The standard InChI is InChI=1S/C14H22BN3O5/c1-13(2)14(3,4)23-15(22-13)10-9-17(16-12(10)18(19)20)11-7-5-6-8-21-11/h9,11H,5-8H2,1-4H3/t11-/m1/s1. The first-order chi connectivity index (χ1) is 10.7. The molecule has 23 heavy (non-hydrogen) atoms. The molecule has 1 aromatic rings. The number of rotatable bonds is 3. The summed E-state index contributed by atoms with van der Waals surface area (Å²) in [5, 5.41) is 15.5. The molecule has 2 aliphatic heterocycles. The molecular formula is C14H22BN3O5. The SMILES string of the molecule is CC1(C)OB(c2cn([C@H]3CCCCO3)nc2[N+](=O)[O-])OC1(C)C. The summed E-state index contributed by atoms with van der Waals surface area (Å²) in [4.78, 5) is 10.9. The van der Waals surface area contributed by atoms with Crippen molar-refractivity contribution < 1.29 is 19.0 Å². The Balaban J connectivity index is 1.92. The molecule has 2 fully saturated rings.